The van der Waals surface area contributed by atoms with E-state index in [-0.39, 0.29) is 48.2 Å². The molecule has 1 unspecified atom stereocenters. The zero-order chi connectivity index (χ0) is 36.0. The Hall–Kier alpha value is -3.39. The van der Waals surface area contributed by atoms with Crippen LogP contribution in [0, 0.1) is 11.8 Å². The molecule has 3 saturated heterocycles. The highest BCUT2D eigenvalue weighted by Gasteiger charge is 2.42. The standard InChI is InChI=1S/C37H50ClN5O7S/c38-29-14-11-27(12-15-29)33(28-17-19-42(20-18-28)37(47)50-24-25-6-2-1-3-7-25)34(41-36(45)46)35(44)40-32-10-4-8-26(32)13-16-31-22-39-30-9-5-21-51(48,49)43(31)23-30/h1-3,6-7,11-12,14-15,26,28,30-34,39,41H,4-5,8-10,13,16-24H2,(H,40,44)(H,45,46)/t26-,30-,31+,32+,33+,34-/m1/s1. The summed E-state index contributed by atoms with van der Waals surface area (Å²) < 4.78 is 33.3. The van der Waals surface area contributed by atoms with Gasteiger partial charge in [-0.2, -0.15) is 4.31 Å². The number of piperidine rings is 1. The Morgan fingerprint density at radius 2 is 1.71 bits per heavy atom. The van der Waals surface area contributed by atoms with E-state index in [1.165, 1.54) is 0 Å². The lowest BCUT2D eigenvalue weighted by atomic mass is 9.75. The van der Waals surface area contributed by atoms with Gasteiger partial charge in [-0.1, -0.05) is 60.5 Å². The molecular formula is C37H50ClN5O7S. The van der Waals surface area contributed by atoms with Crippen molar-refractivity contribution in [1.29, 1.82) is 0 Å². The summed E-state index contributed by atoms with van der Waals surface area (Å²) in [5.74, 6) is -0.643. The maximum absolute atomic E-state index is 14.2. The molecule has 14 heteroatoms. The first-order valence-electron chi connectivity index (χ1n) is 18.3. The lowest BCUT2D eigenvalue weighted by Gasteiger charge is -2.39. The lowest BCUT2D eigenvalue weighted by molar-refractivity contribution is -0.125. The molecule has 4 N–H and O–H groups in total. The number of nitrogens with zero attached hydrogens (tertiary/aromatic N) is 2. The number of sulfonamides is 1. The summed E-state index contributed by atoms with van der Waals surface area (Å²) in [6.45, 7) is 2.15. The number of amides is 3. The molecule has 0 radical (unpaired) electrons. The van der Waals surface area contributed by atoms with Crippen molar-refractivity contribution in [1.82, 2.24) is 25.2 Å². The Balaban J connectivity index is 1.12. The number of halogens is 1. The predicted octanol–water partition coefficient (Wildman–Crippen LogP) is 4.94. The second kappa shape index (κ2) is 17.0. The summed E-state index contributed by atoms with van der Waals surface area (Å²) >= 11 is 6.24. The highest BCUT2D eigenvalue weighted by Crippen LogP contribution is 2.38. The SMILES string of the molecule is O=C(O)N[C@@H](C(=O)N[C@H]1CCC[C@@H]1CC[C@H]1CN[C@@H]2CCCS(=O)(=O)N1C2)[C@@H](c1ccc(Cl)cc1)C1CCN(C(=O)OCc2ccccc2)CC1. The average molecular weight is 744 g/mol. The molecule has 2 aromatic carbocycles. The summed E-state index contributed by atoms with van der Waals surface area (Å²) in [5, 5.41) is 19.8. The molecule has 3 aliphatic heterocycles. The predicted molar refractivity (Wildman–Crippen MR) is 194 cm³/mol. The van der Waals surface area contributed by atoms with Crippen LogP contribution in [-0.4, -0.2) is 96.9 Å². The van der Waals surface area contributed by atoms with Gasteiger partial charge in [-0.15, -0.1) is 0 Å². The minimum atomic E-state index is -3.29. The van der Waals surface area contributed by atoms with Crippen LogP contribution < -0.4 is 16.0 Å². The molecular weight excluding hydrogens is 694 g/mol. The third-order valence-corrected chi connectivity index (χ3v) is 13.5. The molecule has 4 fully saturated rings. The Morgan fingerprint density at radius 1 is 0.961 bits per heavy atom. The van der Waals surface area contributed by atoms with Gasteiger partial charge in [0.15, 0.2) is 0 Å². The Labute approximate surface area is 305 Å². The third-order valence-electron chi connectivity index (χ3n) is 11.3. The minimum Gasteiger partial charge on any atom is -0.465 e. The number of rotatable bonds is 11. The first kappa shape index (κ1) is 37.4. The third kappa shape index (κ3) is 9.54. The quantitative estimate of drug-likeness (QED) is 0.252. The number of hydrogen-bond acceptors (Lipinski definition) is 7. The van der Waals surface area contributed by atoms with Gasteiger partial charge >= 0.3 is 12.2 Å². The molecule has 1 aliphatic carbocycles. The van der Waals surface area contributed by atoms with Crippen molar-refractivity contribution in [2.24, 2.45) is 11.8 Å². The second-order valence-corrected chi connectivity index (χ2v) is 17.0. The molecule has 3 heterocycles. The summed E-state index contributed by atoms with van der Waals surface area (Å²) in [4.78, 5) is 41.0. The summed E-state index contributed by atoms with van der Waals surface area (Å²) in [7, 11) is -3.29. The van der Waals surface area contributed by atoms with Gasteiger partial charge in [0.05, 0.1) is 5.75 Å². The maximum Gasteiger partial charge on any atom is 0.410 e. The number of ether oxygens (including phenoxy) is 1. The fourth-order valence-electron chi connectivity index (χ4n) is 8.62. The smallest absolute Gasteiger partial charge is 0.410 e. The van der Waals surface area contributed by atoms with E-state index in [2.05, 4.69) is 16.0 Å². The number of likely N-dealkylation sites (tertiary alicyclic amines) is 1. The van der Waals surface area contributed by atoms with Gasteiger partial charge in [-0.25, -0.2) is 18.0 Å². The van der Waals surface area contributed by atoms with E-state index < -0.39 is 34.2 Å². The maximum atomic E-state index is 14.2. The Morgan fingerprint density at radius 3 is 2.43 bits per heavy atom. The van der Waals surface area contributed by atoms with Crippen molar-refractivity contribution < 1.29 is 32.6 Å². The second-order valence-electron chi connectivity index (χ2n) is 14.5. The number of benzene rings is 2. The van der Waals surface area contributed by atoms with Crippen molar-refractivity contribution in [3.8, 4) is 0 Å². The van der Waals surface area contributed by atoms with E-state index in [0.29, 0.717) is 56.9 Å². The highest BCUT2D eigenvalue weighted by molar-refractivity contribution is 7.89. The lowest BCUT2D eigenvalue weighted by Crippen LogP contribution is -2.57. The van der Waals surface area contributed by atoms with Crippen LogP contribution in [0.15, 0.2) is 54.6 Å². The zero-order valence-corrected chi connectivity index (χ0v) is 30.5. The van der Waals surface area contributed by atoms with Crippen LogP contribution in [0.3, 0.4) is 0 Å². The van der Waals surface area contributed by atoms with E-state index in [1.54, 1.807) is 21.3 Å². The summed E-state index contributed by atoms with van der Waals surface area (Å²) in [5.41, 5.74) is 1.69. The number of carboxylic acid groups (broad SMARTS) is 1. The highest BCUT2D eigenvalue weighted by atomic mass is 35.5. The first-order chi connectivity index (χ1) is 24.6. The largest absolute Gasteiger partial charge is 0.465 e. The van der Waals surface area contributed by atoms with Crippen LogP contribution in [0.2, 0.25) is 5.02 Å². The molecule has 2 bridgehead atoms. The van der Waals surface area contributed by atoms with Crippen LogP contribution in [-0.2, 0) is 26.2 Å². The van der Waals surface area contributed by atoms with Gasteiger partial charge in [-0.3, -0.25) is 4.79 Å². The van der Waals surface area contributed by atoms with E-state index in [9.17, 15) is 27.9 Å². The molecule has 6 rings (SSSR count). The number of carbonyl (C=O) groups excluding carboxylic acids is 2. The molecule has 12 nitrogen and oxygen atoms in total. The number of fused-ring (bicyclic) bond motifs is 2. The zero-order valence-electron chi connectivity index (χ0n) is 28.9. The number of hydrogen-bond donors (Lipinski definition) is 4. The number of nitrogens with one attached hydrogen (secondary N) is 3. The van der Waals surface area contributed by atoms with Crippen molar-refractivity contribution >= 4 is 39.7 Å². The first-order valence-corrected chi connectivity index (χ1v) is 20.3. The van der Waals surface area contributed by atoms with Crippen molar-refractivity contribution in [3.05, 3.63) is 70.7 Å². The van der Waals surface area contributed by atoms with Gasteiger partial charge < -0.3 is 30.7 Å². The monoisotopic (exact) mass is 743 g/mol. The molecule has 3 amide bonds. The van der Waals surface area contributed by atoms with Gasteiger partial charge in [-0.05, 0) is 86.5 Å². The van der Waals surface area contributed by atoms with E-state index >= 15 is 0 Å². The summed E-state index contributed by atoms with van der Waals surface area (Å²) in [6.07, 6.45) is 5.04. The molecule has 278 valence electrons. The summed E-state index contributed by atoms with van der Waals surface area (Å²) in [6, 6.07) is 15.5. The number of piperazine rings is 1. The Bertz CT molecular complexity index is 1610. The number of carbonyl (C=O) groups is 3. The van der Waals surface area contributed by atoms with Gasteiger partial charge in [0.2, 0.25) is 15.9 Å². The topological polar surface area (TPSA) is 157 Å². The molecule has 51 heavy (non-hydrogen) atoms. The van der Waals surface area contributed by atoms with E-state index in [1.807, 2.05) is 42.5 Å². The Kier molecular flexibility index (Phi) is 12.4. The van der Waals surface area contributed by atoms with Crippen LogP contribution >= 0.6 is 11.6 Å². The average Bonchev–Trinajstić information content (AvgIpc) is 3.52. The molecule has 2 aromatic rings. The molecule has 0 spiro atoms. The minimum absolute atomic E-state index is 0.107. The van der Waals surface area contributed by atoms with Gasteiger partial charge in [0.1, 0.15) is 12.6 Å². The van der Waals surface area contributed by atoms with Crippen molar-refractivity contribution in [3.63, 3.8) is 0 Å². The molecule has 1 saturated carbocycles. The van der Waals surface area contributed by atoms with Crippen LogP contribution in [0.25, 0.3) is 0 Å². The van der Waals surface area contributed by atoms with Crippen LogP contribution in [0.1, 0.15) is 74.8 Å². The van der Waals surface area contributed by atoms with E-state index in [4.69, 9.17) is 16.3 Å². The van der Waals surface area contributed by atoms with Crippen molar-refractivity contribution in [2.75, 3.05) is 31.9 Å². The van der Waals surface area contributed by atoms with Crippen LogP contribution in [0.4, 0.5) is 9.59 Å². The van der Waals surface area contributed by atoms with Crippen molar-refractivity contribution in [2.45, 2.75) is 94.5 Å². The van der Waals surface area contributed by atoms with Crippen LogP contribution in [0.5, 0.6) is 0 Å². The molecule has 7 atom stereocenters. The normalized spacial score (nSPS) is 27.5. The van der Waals surface area contributed by atoms with E-state index in [0.717, 1.165) is 43.2 Å². The fraction of sp³-hybridized carbons (Fsp3) is 0.595. The van der Waals surface area contributed by atoms with Gasteiger partial charge in [0, 0.05) is 55.2 Å². The molecule has 0 aromatic heterocycles. The molecule has 4 aliphatic rings. The fourth-order valence-corrected chi connectivity index (χ4v) is 10.6. The van der Waals surface area contributed by atoms with Gasteiger partial charge in [0.25, 0.3) is 0 Å².